The molecule has 5 heteroatoms. The Morgan fingerprint density at radius 3 is 2.17 bits per heavy atom. The maximum absolute atomic E-state index is 12.1. The molecule has 2 saturated carbocycles. The number of benzene rings is 1. The molecule has 0 heterocycles. The minimum Gasteiger partial charge on any atom is -0.481 e. The zero-order chi connectivity index (χ0) is 17.2. The van der Waals surface area contributed by atoms with E-state index in [1.807, 2.05) is 6.07 Å². The molecule has 130 valence electrons. The fraction of sp³-hybridized carbons (Fsp3) is 0.579. The van der Waals surface area contributed by atoms with Gasteiger partial charge < -0.3 is 15.7 Å². The van der Waals surface area contributed by atoms with Crippen LogP contribution in [0.1, 0.15) is 51.0 Å². The number of urea groups is 1. The normalized spacial score (nSPS) is 32.5. The number of hydrogen-bond donors (Lipinski definition) is 3. The van der Waals surface area contributed by atoms with E-state index >= 15 is 0 Å². The molecule has 0 aliphatic heterocycles. The fourth-order valence-corrected chi connectivity index (χ4v) is 4.10. The minimum atomic E-state index is -0.715. The Bertz CT molecular complexity index is 588. The molecule has 0 aromatic heterocycles. The van der Waals surface area contributed by atoms with Crippen molar-refractivity contribution in [2.75, 3.05) is 0 Å². The van der Waals surface area contributed by atoms with Crippen LogP contribution in [0.25, 0.3) is 0 Å². The quantitative estimate of drug-likeness (QED) is 0.794. The lowest BCUT2D eigenvalue weighted by Gasteiger charge is -2.46. The molecule has 0 atom stereocenters. The number of carboxylic acid groups (broad SMARTS) is 1. The van der Waals surface area contributed by atoms with Gasteiger partial charge in [-0.2, -0.15) is 0 Å². The Morgan fingerprint density at radius 2 is 1.58 bits per heavy atom. The molecule has 2 fully saturated rings. The second-order valence-electron chi connectivity index (χ2n) is 7.54. The Morgan fingerprint density at radius 1 is 1.00 bits per heavy atom. The molecule has 0 radical (unpaired) electrons. The van der Waals surface area contributed by atoms with Crippen LogP contribution in [0.2, 0.25) is 0 Å². The summed E-state index contributed by atoms with van der Waals surface area (Å²) in [5, 5.41) is 15.1. The van der Waals surface area contributed by atoms with E-state index in [1.165, 1.54) is 5.56 Å². The van der Waals surface area contributed by atoms with E-state index in [1.54, 1.807) is 0 Å². The summed E-state index contributed by atoms with van der Waals surface area (Å²) in [5.41, 5.74) is 1.48. The minimum absolute atomic E-state index is 0.0983. The molecule has 3 N–H and O–H groups in total. The summed E-state index contributed by atoms with van der Waals surface area (Å²) < 4.78 is 0. The van der Waals surface area contributed by atoms with E-state index in [2.05, 4.69) is 41.8 Å². The number of aliphatic carboxylic acids is 1. The summed E-state index contributed by atoms with van der Waals surface area (Å²) in [6.45, 7) is 2.24. The lowest BCUT2D eigenvalue weighted by atomic mass is 9.63. The smallest absolute Gasteiger partial charge is 0.315 e. The van der Waals surface area contributed by atoms with Gasteiger partial charge in [-0.25, -0.2) is 4.79 Å². The Kier molecular flexibility index (Phi) is 4.78. The maximum atomic E-state index is 12.1. The Labute approximate surface area is 142 Å². The summed E-state index contributed by atoms with van der Waals surface area (Å²) >= 11 is 0. The summed E-state index contributed by atoms with van der Waals surface area (Å²) in [6, 6.07) is 10.6. The van der Waals surface area contributed by atoms with Crippen LogP contribution in [0, 0.1) is 5.92 Å². The number of rotatable bonds is 4. The number of carboxylic acids is 1. The lowest BCUT2D eigenvalue weighted by Crippen LogP contribution is -2.55. The second-order valence-corrected chi connectivity index (χ2v) is 7.54. The first kappa shape index (κ1) is 16.8. The third-order valence-electron chi connectivity index (χ3n) is 5.61. The predicted molar refractivity (Wildman–Crippen MR) is 91.9 cm³/mol. The van der Waals surface area contributed by atoms with Gasteiger partial charge in [0.05, 0.1) is 5.92 Å². The molecule has 0 spiro atoms. The first-order valence-corrected chi connectivity index (χ1v) is 8.82. The van der Waals surface area contributed by atoms with Gasteiger partial charge in [0, 0.05) is 12.1 Å². The number of carbonyl (C=O) groups is 2. The van der Waals surface area contributed by atoms with Crippen molar-refractivity contribution in [1.82, 2.24) is 10.6 Å². The standard InChI is InChI=1S/C19H26N2O3/c1-19(14-5-3-2-4-6-14)11-16(12-19)21-18(24)20-15-9-7-13(8-10-15)17(22)23/h2-6,13,15-16H,7-12H2,1H3,(H,22,23)(H2,20,21,24). The Hall–Kier alpha value is -2.04. The van der Waals surface area contributed by atoms with E-state index < -0.39 is 5.97 Å². The van der Waals surface area contributed by atoms with Crippen LogP contribution in [0.4, 0.5) is 4.79 Å². The van der Waals surface area contributed by atoms with Crippen molar-refractivity contribution in [2.24, 2.45) is 5.92 Å². The van der Waals surface area contributed by atoms with E-state index in [0.29, 0.717) is 12.8 Å². The van der Waals surface area contributed by atoms with Crippen LogP contribution in [0.5, 0.6) is 0 Å². The zero-order valence-corrected chi connectivity index (χ0v) is 14.1. The van der Waals surface area contributed by atoms with E-state index in [0.717, 1.165) is 25.7 Å². The summed E-state index contributed by atoms with van der Waals surface area (Å²) in [4.78, 5) is 23.1. The van der Waals surface area contributed by atoms with Gasteiger partial charge in [-0.1, -0.05) is 37.3 Å². The van der Waals surface area contributed by atoms with E-state index in [4.69, 9.17) is 5.11 Å². The summed E-state index contributed by atoms with van der Waals surface area (Å²) in [6.07, 6.45) is 4.70. The average molecular weight is 330 g/mol. The highest BCUT2D eigenvalue weighted by atomic mass is 16.4. The van der Waals surface area contributed by atoms with Gasteiger partial charge in [0.2, 0.25) is 0 Å². The second kappa shape index (κ2) is 6.83. The van der Waals surface area contributed by atoms with Crippen molar-refractivity contribution in [3.8, 4) is 0 Å². The number of hydrogen-bond acceptors (Lipinski definition) is 2. The topological polar surface area (TPSA) is 78.4 Å². The van der Waals surface area contributed by atoms with Crippen molar-refractivity contribution >= 4 is 12.0 Å². The van der Waals surface area contributed by atoms with Crippen LogP contribution >= 0.6 is 0 Å². The number of carbonyl (C=O) groups excluding carboxylic acids is 1. The van der Waals surface area contributed by atoms with Crippen molar-refractivity contribution in [1.29, 1.82) is 0 Å². The molecule has 2 aliphatic carbocycles. The highest BCUT2D eigenvalue weighted by molar-refractivity contribution is 5.75. The molecule has 0 bridgehead atoms. The van der Waals surface area contributed by atoms with Gasteiger partial charge >= 0.3 is 12.0 Å². The number of amides is 2. The highest BCUT2D eigenvalue weighted by Crippen LogP contribution is 2.43. The third kappa shape index (κ3) is 3.71. The monoisotopic (exact) mass is 330 g/mol. The van der Waals surface area contributed by atoms with Crippen molar-refractivity contribution < 1.29 is 14.7 Å². The van der Waals surface area contributed by atoms with Gasteiger partial charge in [-0.15, -0.1) is 0 Å². The Balaban J connectivity index is 1.41. The molecular weight excluding hydrogens is 304 g/mol. The van der Waals surface area contributed by atoms with Crippen LogP contribution < -0.4 is 10.6 Å². The van der Waals surface area contributed by atoms with Crippen LogP contribution in [0.3, 0.4) is 0 Å². The van der Waals surface area contributed by atoms with Crippen LogP contribution in [-0.4, -0.2) is 29.2 Å². The average Bonchev–Trinajstić information content (AvgIpc) is 2.54. The maximum Gasteiger partial charge on any atom is 0.315 e. The molecule has 3 rings (SSSR count). The van der Waals surface area contributed by atoms with E-state index in [9.17, 15) is 9.59 Å². The third-order valence-corrected chi connectivity index (χ3v) is 5.61. The van der Waals surface area contributed by atoms with Gasteiger partial charge in [0.25, 0.3) is 0 Å². The van der Waals surface area contributed by atoms with Gasteiger partial charge in [0.15, 0.2) is 0 Å². The summed E-state index contributed by atoms with van der Waals surface area (Å²) in [5.74, 6) is -0.961. The first-order valence-electron chi connectivity index (χ1n) is 8.82. The SMILES string of the molecule is CC1(c2ccccc2)CC(NC(=O)NC2CCC(C(=O)O)CC2)C1. The molecule has 0 unspecified atom stereocenters. The molecule has 2 amide bonds. The molecule has 0 saturated heterocycles. The molecule has 1 aromatic rings. The van der Waals surface area contributed by atoms with Crippen molar-refractivity contribution in [3.05, 3.63) is 35.9 Å². The predicted octanol–water partition coefficient (Wildman–Crippen LogP) is 3.05. The highest BCUT2D eigenvalue weighted by Gasteiger charge is 2.42. The lowest BCUT2D eigenvalue weighted by molar-refractivity contribution is -0.142. The van der Waals surface area contributed by atoms with E-state index in [-0.39, 0.29) is 29.4 Å². The van der Waals surface area contributed by atoms with Gasteiger partial charge in [-0.3, -0.25) is 4.79 Å². The zero-order valence-electron chi connectivity index (χ0n) is 14.1. The van der Waals surface area contributed by atoms with Crippen molar-refractivity contribution in [3.63, 3.8) is 0 Å². The summed E-state index contributed by atoms with van der Waals surface area (Å²) in [7, 11) is 0. The largest absolute Gasteiger partial charge is 0.481 e. The molecule has 2 aliphatic rings. The van der Waals surface area contributed by atoms with Crippen molar-refractivity contribution in [2.45, 2.75) is 62.9 Å². The molecule has 5 nitrogen and oxygen atoms in total. The van der Waals surface area contributed by atoms with Crippen LogP contribution in [-0.2, 0) is 10.2 Å². The first-order chi connectivity index (χ1) is 11.5. The molecular formula is C19H26N2O3. The van der Waals surface area contributed by atoms with Crippen LogP contribution in [0.15, 0.2) is 30.3 Å². The van der Waals surface area contributed by atoms with Gasteiger partial charge in [-0.05, 0) is 49.5 Å². The number of nitrogens with one attached hydrogen (secondary N) is 2. The molecule has 24 heavy (non-hydrogen) atoms. The van der Waals surface area contributed by atoms with Gasteiger partial charge in [0.1, 0.15) is 0 Å². The fourth-order valence-electron chi connectivity index (χ4n) is 4.10. The molecule has 1 aromatic carbocycles.